The molecule has 0 bridgehead atoms. The minimum absolute atomic E-state index is 0.0728. The summed E-state index contributed by atoms with van der Waals surface area (Å²) in [4.78, 5) is 11.7. The van der Waals surface area contributed by atoms with Gasteiger partial charge in [-0.15, -0.1) is 0 Å². The molecule has 0 fully saturated rings. The number of nitrogen functional groups attached to an aromatic ring is 1. The van der Waals surface area contributed by atoms with Gasteiger partial charge in [0.15, 0.2) is 0 Å². The summed E-state index contributed by atoms with van der Waals surface area (Å²) >= 11 is 0. The molecule has 2 N–H and O–H groups in total. The van der Waals surface area contributed by atoms with Crippen LogP contribution in [0.15, 0.2) is 23.1 Å². The summed E-state index contributed by atoms with van der Waals surface area (Å²) in [5.41, 5.74) is 6.97. The first-order valence-corrected chi connectivity index (χ1v) is 8.17. The van der Waals surface area contributed by atoms with Crippen LogP contribution >= 0.6 is 0 Å². The van der Waals surface area contributed by atoms with Gasteiger partial charge in [-0.25, -0.2) is 8.42 Å². The number of rotatable bonds is 6. The highest BCUT2D eigenvalue weighted by Gasteiger charge is 2.29. The molecule has 0 saturated carbocycles. The molecule has 0 unspecified atom stereocenters. The van der Waals surface area contributed by atoms with E-state index in [1.54, 1.807) is 33.8 Å². The van der Waals surface area contributed by atoms with Gasteiger partial charge < -0.3 is 10.5 Å². The van der Waals surface area contributed by atoms with Crippen LogP contribution in [0.3, 0.4) is 0 Å². The van der Waals surface area contributed by atoms with Crippen LogP contribution in [0.1, 0.15) is 26.3 Å². The molecule has 7 heteroatoms. The lowest BCUT2D eigenvalue weighted by molar-refractivity contribution is -0.143. The molecule has 6 nitrogen and oxygen atoms in total. The third-order valence-corrected chi connectivity index (χ3v) is 5.04. The van der Waals surface area contributed by atoms with E-state index in [0.29, 0.717) is 5.69 Å². The maximum Gasteiger partial charge on any atom is 0.321 e. The molecular weight excluding hydrogens is 292 g/mol. The molecule has 0 saturated heterocycles. The van der Waals surface area contributed by atoms with E-state index in [4.69, 9.17) is 10.5 Å². The average Bonchev–Trinajstić information content (AvgIpc) is 2.38. The van der Waals surface area contributed by atoms with E-state index >= 15 is 0 Å². The van der Waals surface area contributed by atoms with Gasteiger partial charge in [0, 0.05) is 11.7 Å². The smallest absolute Gasteiger partial charge is 0.321 e. The molecule has 21 heavy (non-hydrogen) atoms. The van der Waals surface area contributed by atoms with E-state index in [1.165, 1.54) is 12.1 Å². The van der Waals surface area contributed by atoms with Gasteiger partial charge in [0.2, 0.25) is 10.0 Å². The lowest BCUT2D eigenvalue weighted by Crippen LogP contribution is -2.41. The van der Waals surface area contributed by atoms with E-state index < -0.39 is 16.0 Å². The lowest BCUT2D eigenvalue weighted by atomic mass is 10.2. The Bertz CT molecular complexity index is 611. The van der Waals surface area contributed by atoms with Gasteiger partial charge in [0.25, 0.3) is 0 Å². The molecule has 1 rings (SSSR count). The predicted molar refractivity (Wildman–Crippen MR) is 81.3 cm³/mol. The van der Waals surface area contributed by atoms with Gasteiger partial charge in [-0.2, -0.15) is 4.31 Å². The van der Waals surface area contributed by atoms with Crippen LogP contribution in [0, 0.1) is 6.92 Å². The van der Waals surface area contributed by atoms with Crippen molar-refractivity contribution >= 4 is 21.7 Å². The first-order valence-electron chi connectivity index (χ1n) is 6.73. The minimum atomic E-state index is -3.80. The number of anilines is 1. The van der Waals surface area contributed by atoms with Gasteiger partial charge in [-0.1, -0.05) is 6.07 Å². The predicted octanol–water partition coefficient (Wildman–Crippen LogP) is 1.54. The fourth-order valence-electron chi connectivity index (χ4n) is 1.79. The second-order valence-electron chi connectivity index (χ2n) is 4.97. The third-order valence-electron chi connectivity index (χ3n) is 3.02. The lowest BCUT2D eigenvalue weighted by Gasteiger charge is -2.25. The van der Waals surface area contributed by atoms with Crippen molar-refractivity contribution in [1.82, 2.24) is 4.31 Å². The molecule has 0 aliphatic heterocycles. The van der Waals surface area contributed by atoms with Crippen LogP contribution in [0.2, 0.25) is 0 Å². The standard InChI is InChI=1S/C14H22N2O4S/c1-5-20-14(17)9-16(10(2)3)21(18,19)12-7-6-11(4)13(15)8-12/h6-8,10H,5,9,15H2,1-4H3. The van der Waals surface area contributed by atoms with Crippen LogP contribution in [0.4, 0.5) is 5.69 Å². The van der Waals surface area contributed by atoms with Crippen molar-refractivity contribution in [3.05, 3.63) is 23.8 Å². The van der Waals surface area contributed by atoms with E-state index in [1.807, 2.05) is 0 Å². The highest BCUT2D eigenvalue weighted by atomic mass is 32.2. The zero-order valence-electron chi connectivity index (χ0n) is 12.8. The second-order valence-corrected chi connectivity index (χ2v) is 6.86. The molecule has 0 aliphatic carbocycles. The zero-order chi connectivity index (χ0) is 16.2. The van der Waals surface area contributed by atoms with Crippen molar-refractivity contribution in [3.63, 3.8) is 0 Å². The number of esters is 1. The fourth-order valence-corrected chi connectivity index (χ4v) is 3.41. The van der Waals surface area contributed by atoms with Crippen LogP contribution in [0.25, 0.3) is 0 Å². The normalized spacial score (nSPS) is 11.9. The highest BCUT2D eigenvalue weighted by Crippen LogP contribution is 2.22. The van der Waals surface area contributed by atoms with Crippen molar-refractivity contribution in [3.8, 4) is 0 Å². The van der Waals surface area contributed by atoms with Crippen LogP contribution in [-0.4, -0.2) is 37.9 Å². The van der Waals surface area contributed by atoms with Crippen molar-refractivity contribution in [2.24, 2.45) is 0 Å². The molecule has 0 spiro atoms. The molecule has 0 radical (unpaired) electrons. The van der Waals surface area contributed by atoms with E-state index in [2.05, 4.69) is 0 Å². The number of nitrogens with zero attached hydrogens (tertiary/aromatic N) is 1. The number of benzene rings is 1. The number of hydrogen-bond acceptors (Lipinski definition) is 5. The van der Waals surface area contributed by atoms with Crippen LogP contribution < -0.4 is 5.73 Å². The quantitative estimate of drug-likeness (QED) is 0.635. The summed E-state index contributed by atoms with van der Waals surface area (Å²) < 4.78 is 31.2. The Labute approximate surface area is 125 Å². The van der Waals surface area contributed by atoms with Crippen molar-refractivity contribution < 1.29 is 17.9 Å². The SMILES string of the molecule is CCOC(=O)CN(C(C)C)S(=O)(=O)c1ccc(C)c(N)c1. The molecule has 0 aliphatic rings. The van der Waals surface area contributed by atoms with Crippen LogP contribution in [-0.2, 0) is 19.6 Å². The van der Waals surface area contributed by atoms with Crippen molar-refractivity contribution in [2.75, 3.05) is 18.9 Å². The molecule has 0 aromatic heterocycles. The van der Waals surface area contributed by atoms with Gasteiger partial charge in [0.1, 0.15) is 6.54 Å². The highest BCUT2D eigenvalue weighted by molar-refractivity contribution is 7.89. The largest absolute Gasteiger partial charge is 0.465 e. The van der Waals surface area contributed by atoms with Crippen LogP contribution in [0.5, 0.6) is 0 Å². The monoisotopic (exact) mass is 314 g/mol. The van der Waals surface area contributed by atoms with Crippen molar-refractivity contribution in [2.45, 2.75) is 38.6 Å². The van der Waals surface area contributed by atoms with E-state index in [9.17, 15) is 13.2 Å². The van der Waals surface area contributed by atoms with E-state index in [-0.39, 0.29) is 24.1 Å². The number of hydrogen-bond donors (Lipinski definition) is 1. The molecule has 1 aromatic carbocycles. The average molecular weight is 314 g/mol. The number of aryl methyl sites for hydroxylation is 1. The Kier molecular flexibility index (Phi) is 5.74. The molecule has 1 aromatic rings. The van der Waals surface area contributed by atoms with Gasteiger partial charge in [-0.05, 0) is 45.4 Å². The van der Waals surface area contributed by atoms with Gasteiger partial charge in [0.05, 0.1) is 11.5 Å². The van der Waals surface area contributed by atoms with Gasteiger partial charge >= 0.3 is 5.97 Å². The first-order chi connectivity index (χ1) is 9.70. The summed E-state index contributed by atoms with van der Waals surface area (Å²) in [7, 11) is -3.80. The number of nitrogens with two attached hydrogens (primary N) is 1. The Morgan fingerprint density at radius 1 is 1.38 bits per heavy atom. The minimum Gasteiger partial charge on any atom is -0.465 e. The van der Waals surface area contributed by atoms with E-state index in [0.717, 1.165) is 9.87 Å². The Morgan fingerprint density at radius 3 is 2.48 bits per heavy atom. The topological polar surface area (TPSA) is 89.7 Å². The first kappa shape index (κ1) is 17.5. The summed E-state index contributed by atoms with van der Waals surface area (Å²) in [5.74, 6) is -0.574. The molecular formula is C14H22N2O4S. The fraction of sp³-hybridized carbons (Fsp3) is 0.500. The maximum absolute atomic E-state index is 12.6. The summed E-state index contributed by atoms with van der Waals surface area (Å²) in [6.45, 7) is 6.77. The summed E-state index contributed by atoms with van der Waals surface area (Å²) in [6.07, 6.45) is 0. The number of ether oxygens (including phenoxy) is 1. The molecule has 0 amide bonds. The summed E-state index contributed by atoms with van der Waals surface area (Å²) in [6, 6.07) is 4.17. The van der Waals surface area contributed by atoms with Crippen molar-refractivity contribution in [1.29, 1.82) is 0 Å². The zero-order valence-corrected chi connectivity index (χ0v) is 13.6. The number of carbonyl (C=O) groups excluding carboxylic acids is 1. The van der Waals surface area contributed by atoms with Gasteiger partial charge in [-0.3, -0.25) is 4.79 Å². The Balaban J connectivity index is 3.15. The Morgan fingerprint density at radius 2 is 2.00 bits per heavy atom. The molecule has 118 valence electrons. The molecule has 0 atom stereocenters. The summed E-state index contributed by atoms with van der Waals surface area (Å²) in [5, 5.41) is 0. The third kappa shape index (κ3) is 4.18. The Hall–Kier alpha value is -1.60. The maximum atomic E-state index is 12.6. The number of carbonyl (C=O) groups is 1. The molecule has 0 heterocycles. The second kappa shape index (κ2) is 6.91. The number of sulfonamides is 1.